The van der Waals surface area contributed by atoms with Gasteiger partial charge >= 0.3 is 5.97 Å². The van der Waals surface area contributed by atoms with E-state index in [0.29, 0.717) is 30.0 Å². The van der Waals surface area contributed by atoms with Crippen molar-refractivity contribution in [1.29, 1.82) is 0 Å². The standard InChI is InChI=1S/C20H17F2N3O3/c21-11-1-3-13(4-2-11)25-10-15(20(27)28)19(26)14-7-16(22)18(8-17(14)25)24-6-5-12(23)9-24/h1-4,7-8,10,12H,5-6,9,23H2,(H,27,28). The molecule has 1 aliphatic heterocycles. The zero-order valence-electron chi connectivity index (χ0n) is 14.7. The van der Waals surface area contributed by atoms with Gasteiger partial charge in [0.15, 0.2) is 0 Å². The van der Waals surface area contributed by atoms with Crippen LogP contribution in [0.2, 0.25) is 0 Å². The van der Waals surface area contributed by atoms with E-state index >= 15 is 0 Å². The smallest absolute Gasteiger partial charge is 0.341 e. The Bertz CT molecular complexity index is 1140. The Balaban J connectivity index is 2.02. The second kappa shape index (κ2) is 6.72. The van der Waals surface area contributed by atoms with Gasteiger partial charge in [-0.15, -0.1) is 0 Å². The van der Waals surface area contributed by atoms with Crippen molar-refractivity contribution in [2.75, 3.05) is 18.0 Å². The van der Waals surface area contributed by atoms with Crippen molar-refractivity contribution in [1.82, 2.24) is 4.57 Å². The third-order valence-electron chi connectivity index (χ3n) is 4.97. The maximum atomic E-state index is 14.8. The van der Waals surface area contributed by atoms with Crippen molar-refractivity contribution in [2.24, 2.45) is 5.73 Å². The molecule has 8 heteroatoms. The Morgan fingerprint density at radius 2 is 1.89 bits per heavy atom. The Hall–Kier alpha value is -3.26. The number of halogens is 2. The van der Waals surface area contributed by atoms with Crippen LogP contribution in [0.5, 0.6) is 0 Å². The highest BCUT2D eigenvalue weighted by Crippen LogP contribution is 2.29. The first-order valence-corrected chi connectivity index (χ1v) is 8.74. The number of fused-ring (bicyclic) bond motifs is 1. The molecule has 0 radical (unpaired) electrons. The van der Waals surface area contributed by atoms with E-state index in [1.807, 2.05) is 0 Å². The van der Waals surface area contributed by atoms with Gasteiger partial charge in [0.05, 0.1) is 11.2 Å². The van der Waals surface area contributed by atoms with Crippen molar-refractivity contribution in [3.8, 4) is 5.69 Å². The van der Waals surface area contributed by atoms with Crippen LogP contribution >= 0.6 is 0 Å². The lowest BCUT2D eigenvalue weighted by Gasteiger charge is -2.21. The van der Waals surface area contributed by atoms with Crippen LogP contribution in [-0.4, -0.2) is 34.8 Å². The minimum Gasteiger partial charge on any atom is -0.477 e. The van der Waals surface area contributed by atoms with Gasteiger partial charge in [0.2, 0.25) is 5.43 Å². The third kappa shape index (κ3) is 3.01. The second-order valence-electron chi connectivity index (χ2n) is 6.84. The number of aromatic carboxylic acids is 1. The summed E-state index contributed by atoms with van der Waals surface area (Å²) in [5.74, 6) is -2.49. The molecular weight excluding hydrogens is 368 g/mol. The molecule has 2 heterocycles. The van der Waals surface area contributed by atoms with Crippen LogP contribution in [0.25, 0.3) is 16.6 Å². The number of hydrogen-bond donors (Lipinski definition) is 2. The van der Waals surface area contributed by atoms with E-state index in [9.17, 15) is 23.5 Å². The summed E-state index contributed by atoms with van der Waals surface area (Å²) in [6, 6.07) is 7.87. The predicted octanol–water partition coefficient (Wildman–Crippen LogP) is 2.50. The Kier molecular flexibility index (Phi) is 4.35. The first-order valence-electron chi connectivity index (χ1n) is 8.74. The van der Waals surface area contributed by atoms with Crippen molar-refractivity contribution >= 4 is 22.6 Å². The quantitative estimate of drug-likeness (QED) is 0.723. The predicted molar refractivity (Wildman–Crippen MR) is 101 cm³/mol. The fraction of sp³-hybridized carbons (Fsp3) is 0.200. The van der Waals surface area contributed by atoms with E-state index in [4.69, 9.17) is 5.73 Å². The molecule has 28 heavy (non-hydrogen) atoms. The molecule has 1 fully saturated rings. The highest BCUT2D eigenvalue weighted by Gasteiger charge is 2.24. The van der Waals surface area contributed by atoms with Crippen LogP contribution in [0.15, 0.2) is 47.4 Å². The molecule has 1 unspecified atom stereocenters. The molecule has 0 bridgehead atoms. The summed E-state index contributed by atoms with van der Waals surface area (Å²) in [6.07, 6.45) is 1.90. The average molecular weight is 385 g/mol. The number of aromatic nitrogens is 1. The Morgan fingerprint density at radius 1 is 1.18 bits per heavy atom. The summed E-state index contributed by atoms with van der Waals surface area (Å²) in [4.78, 5) is 25.9. The maximum absolute atomic E-state index is 14.8. The van der Waals surface area contributed by atoms with Gasteiger partial charge in [0.1, 0.15) is 17.2 Å². The fourth-order valence-electron chi connectivity index (χ4n) is 3.55. The van der Waals surface area contributed by atoms with Crippen LogP contribution in [0.3, 0.4) is 0 Å². The molecule has 0 aliphatic carbocycles. The van der Waals surface area contributed by atoms with Gasteiger partial charge in [-0.25, -0.2) is 13.6 Å². The molecule has 1 aromatic heterocycles. The van der Waals surface area contributed by atoms with Gasteiger partial charge in [0.25, 0.3) is 0 Å². The van der Waals surface area contributed by atoms with E-state index in [1.165, 1.54) is 41.1 Å². The molecule has 1 aliphatic rings. The summed E-state index contributed by atoms with van der Waals surface area (Å²) in [5, 5.41) is 9.32. The van der Waals surface area contributed by atoms with Crippen molar-refractivity contribution in [2.45, 2.75) is 12.5 Å². The SMILES string of the molecule is NC1CCN(c2cc3c(cc2F)c(=O)c(C(=O)O)cn3-c2ccc(F)cc2)C1. The van der Waals surface area contributed by atoms with Crippen LogP contribution in [0.4, 0.5) is 14.5 Å². The number of pyridine rings is 1. The lowest BCUT2D eigenvalue weighted by Crippen LogP contribution is -2.27. The summed E-state index contributed by atoms with van der Waals surface area (Å²) >= 11 is 0. The molecule has 1 saturated heterocycles. The molecule has 3 aromatic rings. The maximum Gasteiger partial charge on any atom is 0.341 e. The van der Waals surface area contributed by atoms with Gasteiger partial charge < -0.3 is 20.3 Å². The number of carboxylic acids is 1. The number of nitrogens with two attached hydrogens (primary N) is 1. The van der Waals surface area contributed by atoms with E-state index in [1.54, 1.807) is 4.90 Å². The molecule has 4 rings (SSSR count). The summed E-state index contributed by atoms with van der Waals surface area (Å²) in [6.45, 7) is 1.06. The molecule has 3 N–H and O–H groups in total. The summed E-state index contributed by atoms with van der Waals surface area (Å²) in [5.41, 5.74) is 5.72. The van der Waals surface area contributed by atoms with E-state index < -0.39 is 28.6 Å². The molecule has 0 spiro atoms. The topological polar surface area (TPSA) is 88.6 Å². The third-order valence-corrected chi connectivity index (χ3v) is 4.97. The fourth-order valence-corrected chi connectivity index (χ4v) is 3.55. The number of carboxylic acid groups (broad SMARTS) is 1. The van der Waals surface area contributed by atoms with Gasteiger partial charge in [-0.3, -0.25) is 4.79 Å². The number of rotatable bonds is 3. The minimum absolute atomic E-state index is 0.0611. The van der Waals surface area contributed by atoms with E-state index in [2.05, 4.69) is 0 Å². The number of nitrogens with zero attached hydrogens (tertiary/aromatic N) is 2. The summed E-state index contributed by atoms with van der Waals surface area (Å²) < 4.78 is 29.6. The molecule has 6 nitrogen and oxygen atoms in total. The van der Waals surface area contributed by atoms with Crippen molar-refractivity contribution < 1.29 is 18.7 Å². The largest absolute Gasteiger partial charge is 0.477 e. The first kappa shape index (κ1) is 18.1. The zero-order chi connectivity index (χ0) is 20.0. The first-order chi connectivity index (χ1) is 13.3. The zero-order valence-corrected chi connectivity index (χ0v) is 14.7. The second-order valence-corrected chi connectivity index (χ2v) is 6.84. The van der Waals surface area contributed by atoms with Gasteiger partial charge in [-0.2, -0.15) is 0 Å². The van der Waals surface area contributed by atoms with Gasteiger partial charge in [0, 0.05) is 36.4 Å². The van der Waals surface area contributed by atoms with Crippen LogP contribution in [0.1, 0.15) is 16.8 Å². The van der Waals surface area contributed by atoms with Gasteiger partial charge in [-0.1, -0.05) is 0 Å². The number of benzene rings is 2. The average Bonchev–Trinajstić information content (AvgIpc) is 3.09. The number of hydrogen-bond acceptors (Lipinski definition) is 4. The highest BCUT2D eigenvalue weighted by atomic mass is 19.1. The minimum atomic E-state index is -1.42. The molecule has 144 valence electrons. The monoisotopic (exact) mass is 385 g/mol. The Labute approximate surface area is 158 Å². The molecule has 0 saturated carbocycles. The lowest BCUT2D eigenvalue weighted by molar-refractivity contribution is 0.0695. The highest BCUT2D eigenvalue weighted by molar-refractivity contribution is 5.94. The Morgan fingerprint density at radius 3 is 2.50 bits per heavy atom. The number of anilines is 1. The lowest BCUT2D eigenvalue weighted by atomic mass is 10.1. The van der Waals surface area contributed by atoms with Crippen molar-refractivity contribution in [3.05, 3.63) is 70.0 Å². The van der Waals surface area contributed by atoms with Gasteiger partial charge in [-0.05, 0) is 42.8 Å². The van der Waals surface area contributed by atoms with Crippen LogP contribution < -0.4 is 16.1 Å². The summed E-state index contributed by atoms with van der Waals surface area (Å²) in [7, 11) is 0. The number of carbonyl (C=O) groups is 1. The molecular formula is C20H17F2N3O3. The van der Waals surface area contributed by atoms with E-state index in [-0.39, 0.29) is 11.4 Å². The van der Waals surface area contributed by atoms with Crippen molar-refractivity contribution in [3.63, 3.8) is 0 Å². The molecule has 0 amide bonds. The normalized spacial score (nSPS) is 16.7. The van der Waals surface area contributed by atoms with Crippen LogP contribution in [0, 0.1) is 11.6 Å². The molecule has 2 aromatic carbocycles. The molecule has 1 atom stereocenters. The van der Waals surface area contributed by atoms with E-state index in [0.717, 1.165) is 12.5 Å². The van der Waals surface area contributed by atoms with Crippen LogP contribution in [-0.2, 0) is 0 Å².